The van der Waals surface area contributed by atoms with Crippen LogP contribution in [0.5, 0.6) is 11.5 Å². The molecule has 0 radical (unpaired) electrons. The van der Waals surface area contributed by atoms with Gasteiger partial charge in [0.15, 0.2) is 11.5 Å². The molecule has 0 unspecified atom stereocenters. The van der Waals surface area contributed by atoms with Gasteiger partial charge in [0.2, 0.25) is 0 Å². The first-order valence-electron chi connectivity index (χ1n) is 10.6. The number of fused-ring (bicyclic) bond motifs is 4. The molecule has 3 aliphatic heterocycles. The Morgan fingerprint density at radius 3 is 2.83 bits per heavy atom. The molecule has 4 atom stereocenters. The number of hydrogen-bond donors (Lipinski definition) is 2. The summed E-state index contributed by atoms with van der Waals surface area (Å²) in [6.07, 6.45) is 1.92. The number of aromatic hydroxyl groups is 1. The van der Waals surface area contributed by atoms with Crippen LogP contribution in [0.4, 0.5) is 0 Å². The van der Waals surface area contributed by atoms with E-state index in [4.69, 9.17) is 9.47 Å². The van der Waals surface area contributed by atoms with Crippen molar-refractivity contribution in [2.45, 2.75) is 57.1 Å². The lowest BCUT2D eigenvalue weighted by atomic mass is 9.74. The molecule has 6 heteroatoms. The molecule has 0 spiro atoms. The zero-order chi connectivity index (χ0) is 21.0. The minimum Gasteiger partial charge on any atom is -0.504 e. The fourth-order valence-electron chi connectivity index (χ4n) is 5.40. The van der Waals surface area contributed by atoms with Crippen LogP contribution in [0, 0.1) is 5.92 Å². The van der Waals surface area contributed by atoms with E-state index in [1.807, 2.05) is 18.2 Å². The highest BCUT2D eigenvalue weighted by Crippen LogP contribution is 2.54. The molecular weight excluding hydrogens is 382 g/mol. The quantitative estimate of drug-likeness (QED) is 0.798. The molecule has 0 aromatic heterocycles. The monoisotopic (exact) mass is 409 g/mol. The number of carboxylic acid groups (broad SMARTS) is 1. The van der Waals surface area contributed by atoms with E-state index in [2.05, 4.69) is 18.7 Å². The van der Waals surface area contributed by atoms with Gasteiger partial charge >= 0.3 is 5.97 Å². The standard InChI is InChI=1S/C24H27NO5/c1-24(2)17-12-18-20(29-21(17)16-7-4-8-19(26)22(16)30-24)9-10-25(18)13-14-5-3-6-15(11-14)23(27)28/h3-8,11,17-18,20-21,26H,9-10,12-13H2,1-2H3,(H,27,28)/t17-,18+,20-,21+/m0/s1. The van der Waals surface area contributed by atoms with E-state index in [9.17, 15) is 15.0 Å². The molecule has 0 saturated carbocycles. The van der Waals surface area contributed by atoms with Crippen molar-refractivity contribution in [1.82, 2.24) is 4.90 Å². The highest BCUT2D eigenvalue weighted by Gasteiger charge is 2.53. The molecule has 5 rings (SSSR count). The van der Waals surface area contributed by atoms with Gasteiger partial charge in [0.25, 0.3) is 0 Å². The lowest BCUT2D eigenvalue weighted by molar-refractivity contribution is -0.163. The molecule has 0 amide bonds. The minimum absolute atomic E-state index is 0.0904. The molecule has 2 saturated heterocycles. The third-order valence-electron chi connectivity index (χ3n) is 6.93. The van der Waals surface area contributed by atoms with Gasteiger partial charge in [0.05, 0.1) is 17.8 Å². The third kappa shape index (κ3) is 3.15. The zero-order valence-corrected chi connectivity index (χ0v) is 17.2. The number of likely N-dealkylation sites (tertiary alicyclic amines) is 1. The smallest absolute Gasteiger partial charge is 0.335 e. The first-order chi connectivity index (χ1) is 14.3. The molecule has 3 heterocycles. The van der Waals surface area contributed by atoms with Gasteiger partial charge in [-0.3, -0.25) is 4.90 Å². The van der Waals surface area contributed by atoms with Crippen LogP contribution in [0.15, 0.2) is 42.5 Å². The number of ether oxygens (including phenoxy) is 2. The minimum atomic E-state index is -0.900. The van der Waals surface area contributed by atoms with Crippen molar-refractivity contribution in [3.63, 3.8) is 0 Å². The van der Waals surface area contributed by atoms with E-state index < -0.39 is 11.6 Å². The van der Waals surface area contributed by atoms with Crippen molar-refractivity contribution < 1.29 is 24.5 Å². The van der Waals surface area contributed by atoms with Crippen LogP contribution in [0.25, 0.3) is 0 Å². The molecule has 30 heavy (non-hydrogen) atoms. The first kappa shape index (κ1) is 19.4. The number of hydrogen-bond acceptors (Lipinski definition) is 5. The van der Waals surface area contributed by atoms with Crippen LogP contribution in [0.1, 0.15) is 54.3 Å². The average Bonchev–Trinajstić information content (AvgIpc) is 3.10. The SMILES string of the molecule is CC1(C)Oc2c(O)cccc2[C@H]2O[C@H]3CCN(Cc4cccc(C(=O)O)c4)[C@@H]3C[C@@H]21. The molecule has 158 valence electrons. The Kier molecular flexibility index (Phi) is 4.52. The molecule has 6 nitrogen and oxygen atoms in total. The highest BCUT2D eigenvalue weighted by atomic mass is 16.5. The van der Waals surface area contributed by atoms with E-state index in [0.717, 1.165) is 30.5 Å². The summed E-state index contributed by atoms with van der Waals surface area (Å²) >= 11 is 0. The molecule has 2 N–H and O–H groups in total. The summed E-state index contributed by atoms with van der Waals surface area (Å²) in [7, 11) is 0. The van der Waals surface area contributed by atoms with E-state index in [-0.39, 0.29) is 29.9 Å². The number of para-hydroxylation sites is 1. The topological polar surface area (TPSA) is 79.2 Å². The second-order valence-corrected chi connectivity index (χ2v) is 9.17. The second kappa shape index (κ2) is 7.00. The molecule has 3 aliphatic rings. The maximum atomic E-state index is 11.3. The molecule has 2 fully saturated rings. The van der Waals surface area contributed by atoms with Crippen molar-refractivity contribution in [3.8, 4) is 11.5 Å². The fourth-order valence-corrected chi connectivity index (χ4v) is 5.40. The summed E-state index contributed by atoms with van der Waals surface area (Å²) in [5.74, 6) is -0.0272. The Balaban J connectivity index is 1.40. The van der Waals surface area contributed by atoms with Crippen molar-refractivity contribution in [2.75, 3.05) is 6.54 Å². The number of carbonyl (C=O) groups is 1. The van der Waals surface area contributed by atoms with Crippen molar-refractivity contribution in [2.24, 2.45) is 5.92 Å². The fraction of sp³-hybridized carbons (Fsp3) is 0.458. The van der Waals surface area contributed by atoms with Crippen LogP contribution in [0.3, 0.4) is 0 Å². The summed E-state index contributed by atoms with van der Waals surface area (Å²) in [6, 6.07) is 12.9. The van der Waals surface area contributed by atoms with Gasteiger partial charge in [-0.25, -0.2) is 4.79 Å². The third-order valence-corrected chi connectivity index (χ3v) is 6.93. The van der Waals surface area contributed by atoms with Gasteiger partial charge in [-0.05, 0) is 50.5 Å². The van der Waals surface area contributed by atoms with Gasteiger partial charge in [0, 0.05) is 30.6 Å². The second-order valence-electron chi connectivity index (χ2n) is 9.17. The van der Waals surface area contributed by atoms with Gasteiger partial charge in [-0.1, -0.05) is 24.3 Å². The Labute approximate surface area is 176 Å². The largest absolute Gasteiger partial charge is 0.504 e. The van der Waals surface area contributed by atoms with E-state index in [1.165, 1.54) is 0 Å². The van der Waals surface area contributed by atoms with Gasteiger partial charge < -0.3 is 19.7 Å². The maximum Gasteiger partial charge on any atom is 0.335 e. The van der Waals surface area contributed by atoms with Gasteiger partial charge in [0.1, 0.15) is 5.60 Å². The Morgan fingerprint density at radius 1 is 1.23 bits per heavy atom. The summed E-state index contributed by atoms with van der Waals surface area (Å²) < 4.78 is 12.9. The van der Waals surface area contributed by atoms with Crippen molar-refractivity contribution in [3.05, 3.63) is 59.2 Å². The lowest BCUT2D eigenvalue weighted by Gasteiger charge is -2.50. The zero-order valence-electron chi connectivity index (χ0n) is 17.2. The van der Waals surface area contributed by atoms with E-state index in [0.29, 0.717) is 17.9 Å². The Morgan fingerprint density at radius 2 is 2.03 bits per heavy atom. The number of nitrogens with zero attached hydrogens (tertiary/aromatic N) is 1. The molecule has 0 bridgehead atoms. The number of phenolic OH excluding ortho intramolecular Hbond substituents is 1. The number of benzene rings is 2. The van der Waals surface area contributed by atoms with Crippen LogP contribution in [0.2, 0.25) is 0 Å². The Bertz CT molecular complexity index is 987. The van der Waals surface area contributed by atoms with E-state index in [1.54, 1.807) is 24.3 Å². The van der Waals surface area contributed by atoms with Gasteiger partial charge in [-0.15, -0.1) is 0 Å². The molecule has 2 aromatic rings. The number of phenols is 1. The first-order valence-corrected chi connectivity index (χ1v) is 10.6. The summed E-state index contributed by atoms with van der Waals surface area (Å²) in [5, 5.41) is 19.6. The molecular formula is C24H27NO5. The Hall–Kier alpha value is -2.57. The summed E-state index contributed by atoms with van der Waals surface area (Å²) in [5.41, 5.74) is 1.80. The predicted octanol–water partition coefficient (Wildman–Crippen LogP) is 3.98. The summed E-state index contributed by atoms with van der Waals surface area (Å²) in [4.78, 5) is 13.7. The number of aromatic carboxylic acids is 1. The molecule has 2 aromatic carbocycles. The van der Waals surface area contributed by atoms with Crippen molar-refractivity contribution in [1.29, 1.82) is 0 Å². The predicted molar refractivity (Wildman–Crippen MR) is 111 cm³/mol. The number of carboxylic acids is 1. The van der Waals surface area contributed by atoms with Crippen LogP contribution < -0.4 is 4.74 Å². The van der Waals surface area contributed by atoms with Crippen LogP contribution in [-0.2, 0) is 11.3 Å². The molecule has 0 aliphatic carbocycles. The average molecular weight is 409 g/mol. The summed E-state index contributed by atoms with van der Waals surface area (Å²) in [6.45, 7) is 5.76. The van der Waals surface area contributed by atoms with Crippen LogP contribution in [-0.4, -0.2) is 45.4 Å². The normalized spacial score (nSPS) is 29.4. The lowest BCUT2D eigenvalue weighted by Crippen LogP contribution is -2.53. The number of rotatable bonds is 3. The van der Waals surface area contributed by atoms with Crippen LogP contribution >= 0.6 is 0 Å². The van der Waals surface area contributed by atoms with Gasteiger partial charge in [-0.2, -0.15) is 0 Å². The maximum absolute atomic E-state index is 11.3. The highest BCUT2D eigenvalue weighted by molar-refractivity contribution is 5.87. The van der Waals surface area contributed by atoms with Crippen molar-refractivity contribution >= 4 is 5.97 Å². The van der Waals surface area contributed by atoms with E-state index >= 15 is 0 Å².